The highest BCUT2D eigenvalue weighted by molar-refractivity contribution is 5.61. The Balaban J connectivity index is 1.42. The van der Waals surface area contributed by atoms with Gasteiger partial charge in [-0.05, 0) is 23.8 Å². The molecule has 0 radical (unpaired) electrons. The predicted molar refractivity (Wildman–Crippen MR) is 99.6 cm³/mol. The van der Waals surface area contributed by atoms with E-state index in [1.54, 1.807) is 23.1 Å². The maximum Gasteiger partial charge on any atom is 0.416 e. The third-order valence-electron chi connectivity index (χ3n) is 4.78. The quantitative estimate of drug-likeness (QED) is 0.680. The molecule has 0 saturated carbocycles. The second kappa shape index (κ2) is 7.80. The summed E-state index contributed by atoms with van der Waals surface area (Å²) in [5, 5.41) is 11.6. The molecule has 3 aromatic rings. The summed E-state index contributed by atoms with van der Waals surface area (Å²) in [7, 11) is 0. The summed E-state index contributed by atoms with van der Waals surface area (Å²) >= 11 is 0. The number of aromatic nitrogens is 4. The Bertz CT molecular complexity index is 973. The average Bonchev–Trinajstić information content (AvgIpc) is 3.35. The SMILES string of the molecule is Nc1cncc(-c2cn([C@@H]3CNC[C@H]3OCc3ccc(C(F)(F)F)cc3)nn2)c1. The summed E-state index contributed by atoms with van der Waals surface area (Å²) in [6.45, 7) is 1.47. The molecular formula is C19H19F3N6O. The molecule has 10 heteroatoms. The summed E-state index contributed by atoms with van der Waals surface area (Å²) in [5.74, 6) is 0. The minimum atomic E-state index is -4.34. The van der Waals surface area contributed by atoms with Crippen LogP contribution in [0.4, 0.5) is 18.9 Å². The summed E-state index contributed by atoms with van der Waals surface area (Å²) < 4.78 is 45.7. The number of halogens is 3. The average molecular weight is 404 g/mol. The molecule has 2 aromatic heterocycles. The normalized spacial score (nSPS) is 19.6. The van der Waals surface area contributed by atoms with Crippen molar-refractivity contribution in [1.82, 2.24) is 25.3 Å². The molecule has 1 fully saturated rings. The maximum absolute atomic E-state index is 12.7. The van der Waals surface area contributed by atoms with Crippen LogP contribution in [0.3, 0.4) is 0 Å². The van der Waals surface area contributed by atoms with E-state index in [2.05, 4.69) is 20.6 Å². The zero-order valence-corrected chi connectivity index (χ0v) is 15.3. The molecule has 29 heavy (non-hydrogen) atoms. The van der Waals surface area contributed by atoms with Crippen molar-refractivity contribution in [3.63, 3.8) is 0 Å². The van der Waals surface area contributed by atoms with Gasteiger partial charge in [-0.2, -0.15) is 13.2 Å². The number of ether oxygens (including phenoxy) is 1. The lowest BCUT2D eigenvalue weighted by molar-refractivity contribution is -0.137. The Morgan fingerprint density at radius 1 is 1.17 bits per heavy atom. The lowest BCUT2D eigenvalue weighted by Crippen LogP contribution is -2.26. The number of rotatable bonds is 5. The number of pyridine rings is 1. The van der Waals surface area contributed by atoms with Crippen molar-refractivity contribution in [2.45, 2.75) is 24.9 Å². The molecule has 1 aromatic carbocycles. The predicted octanol–water partition coefficient (Wildman–Crippen LogP) is 2.67. The van der Waals surface area contributed by atoms with E-state index in [0.717, 1.165) is 17.7 Å². The fraction of sp³-hybridized carbons (Fsp3) is 0.316. The summed E-state index contributed by atoms with van der Waals surface area (Å²) in [4.78, 5) is 4.06. The van der Waals surface area contributed by atoms with E-state index in [4.69, 9.17) is 10.5 Å². The Labute approximate surface area is 164 Å². The van der Waals surface area contributed by atoms with Crippen molar-refractivity contribution in [2.24, 2.45) is 0 Å². The van der Waals surface area contributed by atoms with Crippen LogP contribution in [0.15, 0.2) is 48.9 Å². The first-order valence-corrected chi connectivity index (χ1v) is 9.01. The molecule has 1 saturated heterocycles. The monoisotopic (exact) mass is 404 g/mol. The highest BCUT2D eigenvalue weighted by Crippen LogP contribution is 2.29. The van der Waals surface area contributed by atoms with Crippen LogP contribution in [0, 0.1) is 0 Å². The molecule has 152 valence electrons. The second-order valence-corrected chi connectivity index (χ2v) is 6.86. The summed E-state index contributed by atoms with van der Waals surface area (Å²) in [6.07, 6.45) is 0.494. The van der Waals surface area contributed by atoms with E-state index in [1.165, 1.54) is 12.1 Å². The van der Waals surface area contributed by atoms with E-state index in [9.17, 15) is 13.2 Å². The first-order valence-electron chi connectivity index (χ1n) is 9.01. The molecule has 7 nitrogen and oxygen atoms in total. The van der Waals surface area contributed by atoms with Gasteiger partial charge in [-0.25, -0.2) is 4.68 Å². The number of hydrogen-bond donors (Lipinski definition) is 2. The number of nitrogens with two attached hydrogens (primary N) is 1. The van der Waals surface area contributed by atoms with Gasteiger partial charge in [0, 0.05) is 31.0 Å². The number of hydrogen-bond acceptors (Lipinski definition) is 6. The highest BCUT2D eigenvalue weighted by Gasteiger charge is 2.31. The Morgan fingerprint density at radius 2 is 1.97 bits per heavy atom. The van der Waals surface area contributed by atoms with Gasteiger partial charge in [0.05, 0.1) is 36.2 Å². The van der Waals surface area contributed by atoms with Gasteiger partial charge in [0.25, 0.3) is 0 Å². The number of nitrogen functional groups attached to an aromatic ring is 1. The van der Waals surface area contributed by atoms with Crippen molar-refractivity contribution in [1.29, 1.82) is 0 Å². The minimum absolute atomic E-state index is 0.0836. The van der Waals surface area contributed by atoms with E-state index in [0.29, 0.717) is 30.0 Å². The standard InChI is InChI=1S/C19H19F3N6O/c20-19(21,22)14-3-1-12(2-4-14)11-29-18-9-25-8-17(18)28-10-16(26-27-28)13-5-15(23)7-24-6-13/h1-7,10,17-18,25H,8-9,11,23H2/t17-,18-/m1/s1. The lowest BCUT2D eigenvalue weighted by atomic mass is 10.1. The van der Waals surface area contributed by atoms with Crippen molar-refractivity contribution in [3.05, 3.63) is 60.0 Å². The zero-order chi connectivity index (χ0) is 20.4. The number of nitrogens with one attached hydrogen (secondary N) is 1. The van der Waals surface area contributed by atoms with E-state index in [-0.39, 0.29) is 18.8 Å². The number of benzene rings is 1. The van der Waals surface area contributed by atoms with E-state index in [1.807, 2.05) is 6.20 Å². The molecule has 1 aliphatic heterocycles. The number of alkyl halides is 3. The van der Waals surface area contributed by atoms with Crippen LogP contribution in [-0.2, 0) is 17.5 Å². The van der Waals surface area contributed by atoms with Crippen LogP contribution >= 0.6 is 0 Å². The lowest BCUT2D eigenvalue weighted by Gasteiger charge is -2.19. The van der Waals surface area contributed by atoms with Gasteiger partial charge in [0.15, 0.2) is 0 Å². The summed E-state index contributed by atoms with van der Waals surface area (Å²) in [5.41, 5.74) is 7.72. The molecule has 0 aliphatic carbocycles. The molecule has 2 atom stereocenters. The molecule has 3 heterocycles. The fourth-order valence-corrected chi connectivity index (χ4v) is 3.24. The second-order valence-electron chi connectivity index (χ2n) is 6.86. The Hall–Kier alpha value is -2.98. The molecule has 0 amide bonds. The number of nitrogens with zero attached hydrogens (tertiary/aromatic N) is 4. The summed E-state index contributed by atoms with van der Waals surface area (Å²) in [6, 6.07) is 6.67. The molecule has 0 spiro atoms. The van der Waals surface area contributed by atoms with Crippen molar-refractivity contribution >= 4 is 5.69 Å². The van der Waals surface area contributed by atoms with Gasteiger partial charge in [0.1, 0.15) is 5.69 Å². The van der Waals surface area contributed by atoms with Crippen molar-refractivity contribution < 1.29 is 17.9 Å². The molecular weight excluding hydrogens is 385 g/mol. The number of anilines is 1. The third-order valence-corrected chi connectivity index (χ3v) is 4.78. The fourth-order valence-electron chi connectivity index (χ4n) is 3.24. The molecule has 3 N–H and O–H groups in total. The van der Waals surface area contributed by atoms with Crippen molar-refractivity contribution in [3.8, 4) is 11.3 Å². The highest BCUT2D eigenvalue weighted by atomic mass is 19.4. The van der Waals surface area contributed by atoms with Crippen LogP contribution < -0.4 is 11.1 Å². The van der Waals surface area contributed by atoms with Crippen LogP contribution in [0.1, 0.15) is 17.2 Å². The molecule has 4 rings (SSSR count). The van der Waals surface area contributed by atoms with Gasteiger partial charge in [-0.15, -0.1) is 5.10 Å². The smallest absolute Gasteiger partial charge is 0.397 e. The zero-order valence-electron chi connectivity index (χ0n) is 15.3. The Morgan fingerprint density at radius 3 is 2.69 bits per heavy atom. The first-order chi connectivity index (χ1) is 13.9. The van der Waals surface area contributed by atoms with Crippen LogP contribution in [-0.4, -0.2) is 39.2 Å². The van der Waals surface area contributed by atoms with Gasteiger partial charge in [-0.3, -0.25) is 4.98 Å². The van der Waals surface area contributed by atoms with E-state index >= 15 is 0 Å². The van der Waals surface area contributed by atoms with Crippen molar-refractivity contribution in [2.75, 3.05) is 18.8 Å². The van der Waals surface area contributed by atoms with Gasteiger partial charge < -0.3 is 15.8 Å². The third kappa shape index (κ3) is 4.38. The van der Waals surface area contributed by atoms with Crippen LogP contribution in [0.25, 0.3) is 11.3 Å². The maximum atomic E-state index is 12.7. The largest absolute Gasteiger partial charge is 0.416 e. The van der Waals surface area contributed by atoms with Crippen LogP contribution in [0.5, 0.6) is 0 Å². The van der Waals surface area contributed by atoms with E-state index < -0.39 is 11.7 Å². The van der Waals surface area contributed by atoms with Crippen LogP contribution in [0.2, 0.25) is 0 Å². The topological polar surface area (TPSA) is 90.9 Å². The molecule has 0 bridgehead atoms. The first kappa shape index (κ1) is 19.3. The van der Waals surface area contributed by atoms with Gasteiger partial charge >= 0.3 is 6.18 Å². The molecule has 1 aliphatic rings. The van der Waals surface area contributed by atoms with Gasteiger partial charge in [-0.1, -0.05) is 17.3 Å². The van der Waals surface area contributed by atoms with Gasteiger partial charge in [0.2, 0.25) is 0 Å². The Kier molecular flexibility index (Phi) is 5.20. The minimum Gasteiger partial charge on any atom is -0.397 e. The molecule has 0 unspecified atom stereocenters.